The normalized spacial score (nSPS) is 47.0. The van der Waals surface area contributed by atoms with E-state index >= 15 is 0 Å². The summed E-state index contributed by atoms with van der Waals surface area (Å²) in [6.45, 7) is 2.50. The van der Waals surface area contributed by atoms with Crippen LogP contribution in [0.25, 0.3) is 0 Å². The van der Waals surface area contributed by atoms with Crippen molar-refractivity contribution in [2.24, 2.45) is 35.5 Å². The van der Waals surface area contributed by atoms with E-state index in [1.807, 2.05) is 5.56 Å². The van der Waals surface area contributed by atoms with E-state index in [0.717, 1.165) is 57.4 Å². The van der Waals surface area contributed by atoms with Crippen molar-refractivity contribution in [1.82, 2.24) is 10.6 Å². The third-order valence-corrected chi connectivity index (χ3v) is 21.6. The van der Waals surface area contributed by atoms with E-state index < -0.39 is 0 Å². The molecule has 2 saturated heterocycles. The van der Waals surface area contributed by atoms with Crippen LogP contribution >= 0.6 is 15.8 Å². The van der Waals surface area contributed by atoms with Gasteiger partial charge in [0.1, 0.15) is 0 Å². The van der Waals surface area contributed by atoms with Gasteiger partial charge in [0.15, 0.2) is 0 Å². The Labute approximate surface area is 259 Å². The van der Waals surface area contributed by atoms with Gasteiger partial charge in [-0.1, -0.05) is 53.0 Å². The lowest BCUT2D eigenvalue weighted by atomic mass is 9.55. The van der Waals surface area contributed by atoms with Crippen LogP contribution in [0.1, 0.15) is 127 Å². The Morgan fingerprint density at radius 3 is 1.33 bits per heavy atom. The first kappa shape index (κ1) is 28.2. The van der Waals surface area contributed by atoms with Crippen molar-refractivity contribution in [2.45, 2.75) is 150 Å². The standard InChI is InChI=1S/C38H58N2P2/c1-2-8-34(33(7-1)25-41(35-9-3-5-11-39-35)36-10-4-6-12-40-36)26-42(37-19-27-13-28(20-37)15-29(14-27)21-37)38-22-30-16-31(23-38)18-32(17-30)24-38/h1-2,7-8,27-32,35-36,39-40H,3-6,9-26H2. The fourth-order valence-corrected chi connectivity index (χ4v) is 22.1. The summed E-state index contributed by atoms with van der Waals surface area (Å²) in [7, 11) is -0.0629. The lowest BCUT2D eigenvalue weighted by molar-refractivity contribution is 0.0184. The SMILES string of the molecule is c1ccc(CP(C23CC4CC(CC(C4)C2)C3)C23CC4CC(CC(C4)C2)C3)c(CP(C2CCCCN2)C2CCCCN2)c1. The highest BCUT2D eigenvalue weighted by atomic mass is 31.1. The summed E-state index contributed by atoms with van der Waals surface area (Å²) in [6.07, 6.45) is 30.8. The lowest BCUT2D eigenvalue weighted by Gasteiger charge is -2.67. The second-order valence-corrected chi connectivity index (χ2v) is 22.9. The highest BCUT2D eigenvalue weighted by Crippen LogP contribution is 2.79. The molecule has 2 aliphatic heterocycles. The molecule has 0 radical (unpaired) electrons. The average molecular weight is 605 g/mol. The molecular formula is C38H58N2P2. The van der Waals surface area contributed by atoms with Crippen LogP contribution in [0.15, 0.2) is 24.3 Å². The smallest absolute Gasteiger partial charge is 0.0286 e. The molecule has 0 aromatic heterocycles. The predicted molar refractivity (Wildman–Crippen MR) is 181 cm³/mol. The molecule has 11 rings (SSSR count). The summed E-state index contributed by atoms with van der Waals surface area (Å²) in [5.74, 6) is 8.08. The van der Waals surface area contributed by atoms with Gasteiger partial charge in [0.05, 0.1) is 0 Å². The summed E-state index contributed by atoms with van der Waals surface area (Å²) >= 11 is 0. The summed E-state index contributed by atoms with van der Waals surface area (Å²) in [6, 6.07) is 10.1. The van der Waals surface area contributed by atoms with Crippen LogP contribution < -0.4 is 10.6 Å². The van der Waals surface area contributed by atoms with Crippen LogP contribution in [0, 0.1) is 35.5 Å². The van der Waals surface area contributed by atoms with Crippen molar-refractivity contribution in [3.05, 3.63) is 35.4 Å². The summed E-state index contributed by atoms with van der Waals surface area (Å²) in [5.41, 5.74) is 3.61. The minimum atomic E-state index is -0.0836. The molecule has 2 atom stereocenters. The second-order valence-electron chi connectivity index (χ2n) is 17.2. The van der Waals surface area contributed by atoms with Gasteiger partial charge in [-0.15, -0.1) is 0 Å². The van der Waals surface area contributed by atoms with Gasteiger partial charge < -0.3 is 10.6 Å². The van der Waals surface area contributed by atoms with Crippen LogP contribution in [0.2, 0.25) is 0 Å². The van der Waals surface area contributed by atoms with Crippen molar-refractivity contribution in [3.8, 4) is 0 Å². The van der Waals surface area contributed by atoms with Gasteiger partial charge in [0.2, 0.25) is 0 Å². The van der Waals surface area contributed by atoms with Crippen LogP contribution in [0.5, 0.6) is 0 Å². The number of hydrogen-bond donors (Lipinski definition) is 2. The van der Waals surface area contributed by atoms with E-state index in [2.05, 4.69) is 34.9 Å². The number of benzene rings is 1. The van der Waals surface area contributed by atoms with E-state index in [0.29, 0.717) is 0 Å². The highest BCUT2D eigenvalue weighted by Gasteiger charge is 2.62. The highest BCUT2D eigenvalue weighted by molar-refractivity contribution is 7.60. The molecule has 230 valence electrons. The largest absolute Gasteiger partial charge is 0.310 e. The van der Waals surface area contributed by atoms with Gasteiger partial charge in [-0.3, -0.25) is 0 Å². The van der Waals surface area contributed by atoms with E-state index in [1.165, 1.54) is 63.9 Å². The number of piperidine rings is 2. The van der Waals surface area contributed by atoms with E-state index in [-0.39, 0.29) is 15.8 Å². The first-order valence-electron chi connectivity index (χ1n) is 18.7. The minimum absolute atomic E-state index is 0.0206. The Balaban J connectivity index is 1.06. The maximum Gasteiger partial charge on any atom is 0.0286 e. The van der Waals surface area contributed by atoms with Crippen molar-refractivity contribution in [1.29, 1.82) is 0 Å². The maximum atomic E-state index is 4.07. The Bertz CT molecular complexity index is 987. The fourth-order valence-electron chi connectivity index (χ4n) is 13.5. The molecule has 10 fully saturated rings. The topological polar surface area (TPSA) is 24.1 Å². The molecular weight excluding hydrogens is 546 g/mol. The van der Waals surface area contributed by atoms with Gasteiger partial charge in [0, 0.05) is 11.6 Å². The van der Waals surface area contributed by atoms with E-state index in [1.54, 1.807) is 82.6 Å². The molecule has 4 heteroatoms. The van der Waals surface area contributed by atoms with Crippen LogP contribution in [-0.2, 0) is 12.3 Å². The summed E-state index contributed by atoms with van der Waals surface area (Å²) in [4.78, 5) is 0. The van der Waals surface area contributed by atoms with E-state index in [9.17, 15) is 0 Å². The molecule has 10 aliphatic rings. The third kappa shape index (κ3) is 5.12. The van der Waals surface area contributed by atoms with Gasteiger partial charge >= 0.3 is 0 Å². The molecule has 0 spiro atoms. The predicted octanol–water partition coefficient (Wildman–Crippen LogP) is 9.79. The van der Waals surface area contributed by atoms with Crippen molar-refractivity contribution in [2.75, 3.05) is 13.1 Å². The van der Waals surface area contributed by atoms with Crippen LogP contribution in [0.4, 0.5) is 0 Å². The molecule has 1 aromatic carbocycles. The monoisotopic (exact) mass is 604 g/mol. The Morgan fingerprint density at radius 2 is 0.952 bits per heavy atom. The number of nitrogens with one attached hydrogen (secondary N) is 2. The Hall–Kier alpha value is -0.0000000000000000555. The van der Waals surface area contributed by atoms with Gasteiger partial charge in [-0.2, -0.15) is 0 Å². The van der Waals surface area contributed by atoms with Crippen LogP contribution in [0.3, 0.4) is 0 Å². The number of hydrogen-bond acceptors (Lipinski definition) is 2. The molecule has 0 amide bonds. The molecule has 42 heavy (non-hydrogen) atoms. The first-order chi connectivity index (χ1) is 20.6. The quantitative estimate of drug-likeness (QED) is 0.289. The number of rotatable bonds is 8. The molecule has 8 bridgehead atoms. The average Bonchev–Trinajstić information content (AvgIpc) is 2.98. The molecule has 8 saturated carbocycles. The molecule has 2 nitrogen and oxygen atoms in total. The van der Waals surface area contributed by atoms with E-state index in [4.69, 9.17) is 0 Å². The van der Waals surface area contributed by atoms with Crippen molar-refractivity contribution < 1.29 is 0 Å². The zero-order valence-electron chi connectivity index (χ0n) is 26.4. The maximum absolute atomic E-state index is 4.07. The van der Waals surface area contributed by atoms with Gasteiger partial charge in [-0.25, -0.2) is 0 Å². The zero-order chi connectivity index (χ0) is 27.7. The van der Waals surface area contributed by atoms with Crippen molar-refractivity contribution >= 4 is 15.8 Å². The van der Waals surface area contributed by atoms with Crippen LogP contribution in [-0.4, -0.2) is 35.0 Å². The second kappa shape index (κ2) is 11.4. The summed E-state index contributed by atoms with van der Waals surface area (Å²) in [5, 5.41) is 9.61. The molecule has 1 aromatic rings. The zero-order valence-corrected chi connectivity index (χ0v) is 28.2. The molecule has 2 heterocycles. The van der Waals surface area contributed by atoms with Crippen molar-refractivity contribution in [3.63, 3.8) is 0 Å². The fraction of sp³-hybridized carbons (Fsp3) is 0.842. The first-order valence-corrected chi connectivity index (χ1v) is 21.9. The minimum Gasteiger partial charge on any atom is -0.310 e. The third-order valence-electron chi connectivity index (χ3n) is 14.3. The summed E-state index contributed by atoms with van der Waals surface area (Å²) < 4.78 is 0. The van der Waals surface area contributed by atoms with Gasteiger partial charge in [-0.05, 0) is 185 Å². The Morgan fingerprint density at radius 1 is 0.548 bits per heavy atom. The Kier molecular flexibility index (Phi) is 7.64. The molecule has 2 unspecified atom stereocenters. The lowest BCUT2D eigenvalue weighted by Crippen LogP contribution is -2.56. The van der Waals surface area contributed by atoms with Gasteiger partial charge in [0.25, 0.3) is 0 Å². The molecule has 2 N–H and O–H groups in total. The molecule has 8 aliphatic carbocycles.